The number of hydrogen-bond acceptors (Lipinski definition) is 10. The number of hydrogen-bond donors (Lipinski definition) is 1. The van der Waals surface area contributed by atoms with Crippen LogP contribution in [0.15, 0.2) is 55.2 Å². The second-order valence-corrected chi connectivity index (χ2v) is 11.8. The van der Waals surface area contributed by atoms with E-state index >= 15 is 0 Å². The molecule has 0 saturated carbocycles. The zero-order valence-corrected chi connectivity index (χ0v) is 25.2. The SMILES string of the molecule is Cc1cc(Nc2ncnc3cnc(N4CCN(C(=O)OC(C)(C)C)[C@H](C)C4)nc23)ccc1Oc1ccc2c(c1)ncn2C. The summed E-state index contributed by atoms with van der Waals surface area (Å²) in [6, 6.07) is 11.7. The van der Waals surface area contributed by atoms with Gasteiger partial charge < -0.3 is 29.2 Å². The van der Waals surface area contributed by atoms with Crippen molar-refractivity contribution < 1.29 is 14.3 Å². The Balaban J connectivity index is 1.18. The van der Waals surface area contributed by atoms with E-state index in [2.05, 4.69) is 30.2 Å². The van der Waals surface area contributed by atoms with Crippen LogP contribution in [0, 0.1) is 6.92 Å². The van der Waals surface area contributed by atoms with Gasteiger partial charge in [-0.2, -0.15) is 0 Å². The maximum absolute atomic E-state index is 12.7. The Bertz CT molecular complexity index is 1810. The molecule has 0 spiro atoms. The van der Waals surface area contributed by atoms with Crippen LogP contribution in [0.2, 0.25) is 0 Å². The van der Waals surface area contributed by atoms with Crippen molar-refractivity contribution in [1.29, 1.82) is 0 Å². The minimum Gasteiger partial charge on any atom is -0.457 e. The molecule has 1 saturated heterocycles. The molecule has 1 N–H and O–H groups in total. The number of anilines is 3. The van der Waals surface area contributed by atoms with Crippen molar-refractivity contribution in [3.8, 4) is 11.5 Å². The Hall–Kier alpha value is -5.00. The largest absolute Gasteiger partial charge is 0.457 e. The normalized spacial score (nSPS) is 15.6. The maximum Gasteiger partial charge on any atom is 0.410 e. The lowest BCUT2D eigenvalue weighted by Crippen LogP contribution is -2.55. The molecule has 5 aromatic rings. The lowest BCUT2D eigenvalue weighted by molar-refractivity contribution is 0.0158. The number of aryl methyl sites for hydroxylation is 2. The fraction of sp³-hybridized carbons (Fsp3) is 0.355. The summed E-state index contributed by atoms with van der Waals surface area (Å²) in [6.07, 6.45) is 4.68. The molecular formula is C31H35N9O3. The van der Waals surface area contributed by atoms with Crippen molar-refractivity contribution in [3.63, 3.8) is 0 Å². The fourth-order valence-electron chi connectivity index (χ4n) is 5.10. The highest BCUT2D eigenvalue weighted by Gasteiger charge is 2.32. The van der Waals surface area contributed by atoms with Gasteiger partial charge in [-0.15, -0.1) is 0 Å². The van der Waals surface area contributed by atoms with Gasteiger partial charge >= 0.3 is 6.09 Å². The molecule has 0 radical (unpaired) electrons. The first kappa shape index (κ1) is 28.1. The van der Waals surface area contributed by atoms with Gasteiger partial charge in [0.25, 0.3) is 0 Å². The highest BCUT2D eigenvalue weighted by Crippen LogP contribution is 2.31. The van der Waals surface area contributed by atoms with Crippen molar-refractivity contribution in [1.82, 2.24) is 34.4 Å². The van der Waals surface area contributed by atoms with Crippen molar-refractivity contribution in [2.24, 2.45) is 7.05 Å². The smallest absolute Gasteiger partial charge is 0.410 e. The first-order valence-corrected chi connectivity index (χ1v) is 14.2. The lowest BCUT2D eigenvalue weighted by Gasteiger charge is -2.40. The summed E-state index contributed by atoms with van der Waals surface area (Å²) in [6.45, 7) is 11.3. The molecule has 1 aliphatic rings. The average molecular weight is 582 g/mol. The molecular weight excluding hydrogens is 546 g/mol. The monoisotopic (exact) mass is 581 g/mol. The highest BCUT2D eigenvalue weighted by atomic mass is 16.6. The molecule has 1 fully saturated rings. The topological polar surface area (TPSA) is 123 Å². The van der Waals surface area contributed by atoms with Gasteiger partial charge in [-0.25, -0.2) is 29.7 Å². The molecule has 6 rings (SSSR count). The number of nitrogens with zero attached hydrogens (tertiary/aromatic N) is 8. The molecule has 4 heterocycles. The van der Waals surface area contributed by atoms with E-state index in [1.807, 2.05) is 82.6 Å². The Morgan fingerprint density at radius 2 is 1.86 bits per heavy atom. The number of carbonyl (C=O) groups is 1. The number of ether oxygens (including phenoxy) is 2. The number of fused-ring (bicyclic) bond motifs is 2. The van der Waals surface area contributed by atoms with Gasteiger partial charge in [-0.05, 0) is 70.5 Å². The van der Waals surface area contributed by atoms with Crippen molar-refractivity contribution in [3.05, 3.63) is 60.8 Å². The van der Waals surface area contributed by atoms with E-state index in [0.29, 0.717) is 42.4 Å². The third-order valence-corrected chi connectivity index (χ3v) is 7.27. The van der Waals surface area contributed by atoms with Gasteiger partial charge in [-0.3, -0.25) is 0 Å². The quantitative estimate of drug-likeness (QED) is 0.281. The van der Waals surface area contributed by atoms with Crippen LogP contribution in [-0.2, 0) is 11.8 Å². The number of aromatic nitrogens is 6. The summed E-state index contributed by atoms with van der Waals surface area (Å²) in [7, 11) is 1.97. The number of benzene rings is 2. The predicted molar refractivity (Wildman–Crippen MR) is 165 cm³/mol. The summed E-state index contributed by atoms with van der Waals surface area (Å²) in [5.41, 5.74) is 4.42. The maximum atomic E-state index is 12.7. The summed E-state index contributed by atoms with van der Waals surface area (Å²) in [5, 5.41) is 3.39. The van der Waals surface area contributed by atoms with Crippen LogP contribution < -0.4 is 15.0 Å². The molecule has 12 heteroatoms. The summed E-state index contributed by atoms with van der Waals surface area (Å²) >= 11 is 0. The van der Waals surface area contributed by atoms with E-state index < -0.39 is 5.60 Å². The molecule has 43 heavy (non-hydrogen) atoms. The molecule has 3 aromatic heterocycles. The molecule has 0 unspecified atom stereocenters. The molecule has 1 aliphatic heterocycles. The minimum atomic E-state index is -0.542. The van der Waals surface area contributed by atoms with E-state index in [4.69, 9.17) is 14.5 Å². The van der Waals surface area contributed by atoms with E-state index in [9.17, 15) is 4.79 Å². The Morgan fingerprint density at radius 1 is 1.02 bits per heavy atom. The summed E-state index contributed by atoms with van der Waals surface area (Å²) < 4.78 is 13.7. The van der Waals surface area contributed by atoms with Crippen LogP contribution in [0.3, 0.4) is 0 Å². The number of imidazole rings is 1. The van der Waals surface area contributed by atoms with Crippen LogP contribution >= 0.6 is 0 Å². The second-order valence-electron chi connectivity index (χ2n) is 11.8. The molecule has 2 aromatic carbocycles. The van der Waals surface area contributed by atoms with Gasteiger partial charge in [0, 0.05) is 44.5 Å². The van der Waals surface area contributed by atoms with Crippen LogP contribution in [-0.4, -0.2) is 71.8 Å². The summed E-state index contributed by atoms with van der Waals surface area (Å²) in [4.78, 5) is 39.2. The Labute approximate surface area is 249 Å². The van der Waals surface area contributed by atoms with Gasteiger partial charge in [0.15, 0.2) is 5.82 Å². The number of carbonyl (C=O) groups excluding carboxylic acids is 1. The second kappa shape index (κ2) is 11.0. The van der Waals surface area contributed by atoms with Crippen molar-refractivity contribution in [2.45, 2.75) is 46.3 Å². The van der Waals surface area contributed by atoms with Crippen molar-refractivity contribution in [2.75, 3.05) is 29.9 Å². The first-order valence-electron chi connectivity index (χ1n) is 14.2. The standard InChI is InChI=1S/C31H35N9O3/c1-19-13-21(7-10-26(19)42-22-8-9-25-23(14-22)35-18-38(25)6)36-28-27-24(33-17-34-28)15-32-29(37-27)39-11-12-40(20(2)16-39)30(41)43-31(3,4)5/h7-10,13-15,17-18,20H,11-12,16H2,1-6H3,(H,33,34,36)/t20-/m1/s1. The number of nitrogens with one attached hydrogen (secondary N) is 1. The Kier molecular flexibility index (Phi) is 7.20. The minimum absolute atomic E-state index is 0.0675. The molecule has 1 amide bonds. The number of amides is 1. The molecule has 0 aliphatic carbocycles. The van der Waals surface area contributed by atoms with Crippen LogP contribution in [0.25, 0.3) is 22.1 Å². The van der Waals surface area contributed by atoms with Crippen molar-refractivity contribution >= 4 is 45.6 Å². The molecule has 12 nitrogen and oxygen atoms in total. The Morgan fingerprint density at radius 3 is 2.63 bits per heavy atom. The zero-order chi connectivity index (χ0) is 30.3. The number of rotatable bonds is 5. The highest BCUT2D eigenvalue weighted by molar-refractivity contribution is 5.87. The van der Waals surface area contributed by atoms with Gasteiger partial charge in [0.1, 0.15) is 34.5 Å². The molecule has 1 atom stereocenters. The van der Waals surface area contributed by atoms with Gasteiger partial charge in [-0.1, -0.05) is 0 Å². The fourth-order valence-corrected chi connectivity index (χ4v) is 5.10. The van der Waals surface area contributed by atoms with Crippen LogP contribution in [0.5, 0.6) is 11.5 Å². The van der Waals surface area contributed by atoms with Crippen LogP contribution in [0.4, 0.5) is 22.2 Å². The van der Waals surface area contributed by atoms with E-state index in [1.165, 1.54) is 6.33 Å². The van der Waals surface area contributed by atoms with E-state index in [-0.39, 0.29) is 12.1 Å². The zero-order valence-electron chi connectivity index (χ0n) is 25.2. The van der Waals surface area contributed by atoms with Gasteiger partial charge in [0.2, 0.25) is 5.95 Å². The first-order chi connectivity index (χ1) is 20.5. The van der Waals surface area contributed by atoms with E-state index in [1.54, 1.807) is 17.4 Å². The van der Waals surface area contributed by atoms with E-state index in [0.717, 1.165) is 33.8 Å². The van der Waals surface area contributed by atoms with Crippen LogP contribution in [0.1, 0.15) is 33.3 Å². The lowest BCUT2D eigenvalue weighted by atomic mass is 10.2. The van der Waals surface area contributed by atoms with Gasteiger partial charge in [0.05, 0.1) is 23.6 Å². The predicted octanol–water partition coefficient (Wildman–Crippen LogP) is 5.60. The molecule has 222 valence electrons. The molecule has 0 bridgehead atoms. The average Bonchev–Trinajstić information content (AvgIpc) is 3.33. The number of piperazine rings is 1. The summed E-state index contributed by atoms with van der Waals surface area (Å²) in [5.74, 6) is 2.61. The third-order valence-electron chi connectivity index (χ3n) is 7.27. The third kappa shape index (κ3) is 5.99.